The number of nitrogens with zero attached hydrogens (tertiary/aromatic N) is 3. The Kier molecular flexibility index (Phi) is 29.0. The molecule has 198 valence electrons. The van der Waals surface area contributed by atoms with Crippen LogP contribution in [0.2, 0.25) is 0 Å². The summed E-state index contributed by atoms with van der Waals surface area (Å²) in [4.78, 5) is 38.0. The van der Waals surface area contributed by atoms with E-state index in [-0.39, 0.29) is 11.8 Å². The number of ether oxygens (including phenoxy) is 1. The van der Waals surface area contributed by atoms with Crippen LogP contribution in [-0.2, 0) is 19.1 Å². The van der Waals surface area contributed by atoms with Gasteiger partial charge in [-0.2, -0.15) is 0 Å². The molecule has 3 rings (SSSR count). The Morgan fingerprint density at radius 2 is 0.909 bits per heavy atom. The number of carbonyl (C=O) groups excluding carboxylic acids is 3. The summed E-state index contributed by atoms with van der Waals surface area (Å²) in [5.74, 6) is 0.695. The first-order chi connectivity index (χ1) is 16.0. The molecule has 0 atom stereocenters. The third kappa shape index (κ3) is 19.5. The van der Waals surface area contributed by atoms with Gasteiger partial charge in [-0.3, -0.25) is 14.4 Å². The van der Waals surface area contributed by atoms with Crippen LogP contribution in [0, 0.1) is 0 Å². The zero-order valence-electron chi connectivity index (χ0n) is 23.4. The molecule has 0 bridgehead atoms. The maximum absolute atomic E-state index is 11.1. The van der Waals surface area contributed by atoms with Crippen LogP contribution in [0.1, 0.15) is 101 Å². The molecule has 3 saturated heterocycles. The lowest BCUT2D eigenvalue weighted by Crippen LogP contribution is -2.39. The fourth-order valence-corrected chi connectivity index (χ4v) is 3.28. The van der Waals surface area contributed by atoms with Crippen molar-refractivity contribution in [2.75, 3.05) is 52.5 Å². The molecule has 7 nitrogen and oxygen atoms in total. The van der Waals surface area contributed by atoms with Crippen LogP contribution in [0.25, 0.3) is 0 Å². The minimum Gasteiger partial charge on any atom is -0.378 e. The third-order valence-electron chi connectivity index (χ3n) is 5.02. The van der Waals surface area contributed by atoms with Crippen LogP contribution in [0.15, 0.2) is 0 Å². The van der Waals surface area contributed by atoms with Crippen LogP contribution < -0.4 is 0 Å². The predicted molar refractivity (Wildman–Crippen MR) is 139 cm³/mol. The van der Waals surface area contributed by atoms with Gasteiger partial charge in [0.05, 0.1) is 13.2 Å². The normalized spacial score (nSPS) is 16.5. The Balaban J connectivity index is -0.000000368. The van der Waals surface area contributed by atoms with Gasteiger partial charge in [0.25, 0.3) is 0 Å². The van der Waals surface area contributed by atoms with Crippen molar-refractivity contribution in [3.8, 4) is 0 Å². The summed E-state index contributed by atoms with van der Waals surface area (Å²) in [5.41, 5.74) is 0. The molecule has 0 radical (unpaired) electrons. The van der Waals surface area contributed by atoms with E-state index in [9.17, 15) is 14.4 Å². The summed E-state index contributed by atoms with van der Waals surface area (Å²) in [5, 5.41) is 0. The Hall–Kier alpha value is -1.63. The Morgan fingerprint density at radius 3 is 1.21 bits per heavy atom. The van der Waals surface area contributed by atoms with Crippen molar-refractivity contribution in [3.63, 3.8) is 0 Å². The molecule has 0 aromatic carbocycles. The second-order valence-corrected chi connectivity index (χ2v) is 7.13. The van der Waals surface area contributed by atoms with Gasteiger partial charge in [0.2, 0.25) is 17.7 Å². The van der Waals surface area contributed by atoms with E-state index in [1.54, 1.807) is 18.7 Å². The number of hydrogen-bond donors (Lipinski definition) is 0. The van der Waals surface area contributed by atoms with Crippen LogP contribution in [0.3, 0.4) is 0 Å². The first kappa shape index (κ1) is 35.9. The van der Waals surface area contributed by atoms with Crippen molar-refractivity contribution < 1.29 is 19.1 Å². The minimum atomic E-state index is 0.151. The molecular weight excluding hydrogens is 418 g/mol. The molecule has 3 aliphatic heterocycles. The summed E-state index contributed by atoms with van der Waals surface area (Å²) >= 11 is 0. The summed E-state index contributed by atoms with van der Waals surface area (Å²) in [6, 6.07) is 0. The standard InChI is InChI=1S/C8H15NO.C6H11NO2.C6H11NO.3C2H6/c1-2-8(10)9-6-4-3-5-7-9;1-6(8)7-2-4-9-5-3-7;1-6(8)7-4-2-3-5-7;3*1-2/h2-7H2,1H3;2-5H2,1H3;2-5H2,1H3;3*1-2H3. The van der Waals surface area contributed by atoms with E-state index in [4.69, 9.17) is 4.74 Å². The number of amides is 3. The lowest BCUT2D eigenvalue weighted by Gasteiger charge is -2.26. The molecule has 7 heteroatoms. The second-order valence-electron chi connectivity index (χ2n) is 7.13. The van der Waals surface area contributed by atoms with Crippen molar-refractivity contribution in [1.29, 1.82) is 0 Å². The molecule has 0 aromatic heterocycles. The fourth-order valence-electron chi connectivity index (χ4n) is 3.28. The lowest BCUT2D eigenvalue weighted by atomic mass is 10.1. The van der Waals surface area contributed by atoms with Crippen molar-refractivity contribution >= 4 is 17.7 Å². The zero-order chi connectivity index (χ0) is 26.1. The van der Waals surface area contributed by atoms with Crippen LogP contribution >= 0.6 is 0 Å². The van der Waals surface area contributed by atoms with E-state index in [2.05, 4.69) is 0 Å². The maximum Gasteiger partial charge on any atom is 0.222 e. The van der Waals surface area contributed by atoms with Crippen molar-refractivity contribution in [2.24, 2.45) is 0 Å². The number of hydrogen-bond acceptors (Lipinski definition) is 4. The number of piperidine rings is 1. The molecule has 0 aliphatic carbocycles. The van der Waals surface area contributed by atoms with Gasteiger partial charge in [0, 0.05) is 59.5 Å². The van der Waals surface area contributed by atoms with Crippen molar-refractivity contribution in [2.45, 2.75) is 101 Å². The number of carbonyl (C=O) groups is 3. The van der Waals surface area contributed by atoms with Crippen molar-refractivity contribution in [3.05, 3.63) is 0 Å². The topological polar surface area (TPSA) is 70.2 Å². The van der Waals surface area contributed by atoms with Crippen LogP contribution in [-0.4, -0.2) is 84.9 Å². The van der Waals surface area contributed by atoms with E-state index in [1.165, 1.54) is 32.1 Å². The molecule has 0 N–H and O–H groups in total. The highest BCUT2D eigenvalue weighted by Gasteiger charge is 2.14. The molecule has 3 aliphatic rings. The first-order valence-corrected chi connectivity index (χ1v) is 13.3. The molecule has 0 saturated carbocycles. The summed E-state index contributed by atoms with van der Waals surface area (Å²) in [6.07, 6.45) is 6.75. The average Bonchev–Trinajstić information content (AvgIpc) is 3.45. The van der Waals surface area contributed by atoms with E-state index >= 15 is 0 Å². The zero-order valence-corrected chi connectivity index (χ0v) is 23.4. The Labute approximate surface area is 205 Å². The van der Waals surface area contributed by atoms with Gasteiger partial charge >= 0.3 is 0 Å². The fraction of sp³-hybridized carbons (Fsp3) is 0.885. The van der Waals surface area contributed by atoms with Gasteiger partial charge in [-0.05, 0) is 32.1 Å². The SMILES string of the molecule is CC.CC.CC.CC(=O)N1CCCC1.CC(=O)N1CCOCC1.CCC(=O)N1CCCCC1. The molecular formula is C26H55N3O4. The van der Waals surface area contributed by atoms with Crippen LogP contribution in [0.5, 0.6) is 0 Å². The number of rotatable bonds is 1. The smallest absolute Gasteiger partial charge is 0.222 e. The van der Waals surface area contributed by atoms with Gasteiger partial charge in [-0.15, -0.1) is 0 Å². The summed E-state index contributed by atoms with van der Waals surface area (Å²) < 4.78 is 5.06. The largest absolute Gasteiger partial charge is 0.378 e. The van der Waals surface area contributed by atoms with Gasteiger partial charge in [0.15, 0.2) is 0 Å². The number of likely N-dealkylation sites (tertiary alicyclic amines) is 2. The molecule has 0 unspecified atom stereocenters. The highest BCUT2D eigenvalue weighted by atomic mass is 16.5. The van der Waals surface area contributed by atoms with Gasteiger partial charge in [0.1, 0.15) is 0 Å². The number of morpholine rings is 1. The van der Waals surface area contributed by atoms with E-state index in [0.29, 0.717) is 25.5 Å². The van der Waals surface area contributed by atoms with Gasteiger partial charge in [-0.25, -0.2) is 0 Å². The van der Waals surface area contributed by atoms with Gasteiger partial charge in [-0.1, -0.05) is 48.5 Å². The van der Waals surface area contributed by atoms with E-state index < -0.39 is 0 Å². The average molecular weight is 474 g/mol. The lowest BCUT2D eigenvalue weighted by molar-refractivity contribution is -0.133. The molecule has 0 spiro atoms. The first-order valence-electron chi connectivity index (χ1n) is 13.3. The highest BCUT2D eigenvalue weighted by Crippen LogP contribution is 2.09. The Bertz CT molecular complexity index is 454. The monoisotopic (exact) mass is 473 g/mol. The predicted octanol–water partition coefficient (Wildman–Crippen LogP) is 4.98. The molecule has 3 amide bonds. The summed E-state index contributed by atoms with van der Waals surface area (Å²) in [7, 11) is 0. The molecule has 3 heterocycles. The molecule has 33 heavy (non-hydrogen) atoms. The van der Waals surface area contributed by atoms with Crippen molar-refractivity contribution in [1.82, 2.24) is 14.7 Å². The van der Waals surface area contributed by atoms with E-state index in [0.717, 1.165) is 39.3 Å². The minimum absolute atomic E-state index is 0.151. The summed E-state index contributed by atoms with van der Waals surface area (Å²) in [6.45, 7) is 24.0. The highest BCUT2D eigenvalue weighted by molar-refractivity contribution is 5.75. The Morgan fingerprint density at radius 1 is 0.576 bits per heavy atom. The van der Waals surface area contributed by atoms with E-state index in [1.807, 2.05) is 58.3 Å². The molecule has 3 fully saturated rings. The molecule has 0 aromatic rings. The third-order valence-corrected chi connectivity index (χ3v) is 5.02. The quantitative estimate of drug-likeness (QED) is 0.538. The maximum atomic E-state index is 11.1. The second kappa shape index (κ2) is 26.6. The van der Waals surface area contributed by atoms with Gasteiger partial charge < -0.3 is 19.4 Å². The van der Waals surface area contributed by atoms with Crippen LogP contribution in [0.4, 0.5) is 0 Å².